The van der Waals surface area contributed by atoms with Crippen LogP contribution < -0.4 is 0 Å². The fourth-order valence-corrected chi connectivity index (χ4v) is 0.926. The molecule has 0 saturated carbocycles. The number of hydrogen-bond acceptors (Lipinski definition) is 5. The number of rotatable bonds is 6. The summed E-state index contributed by atoms with van der Waals surface area (Å²) in [6, 6.07) is 1.85. The van der Waals surface area contributed by atoms with E-state index < -0.39 is 18.2 Å². The minimum Gasteiger partial charge on any atom is -0.465 e. The third kappa shape index (κ3) is 4.21. The van der Waals surface area contributed by atoms with E-state index in [2.05, 4.69) is 0 Å². The number of esters is 1. The highest BCUT2D eigenvalue weighted by molar-refractivity contribution is 5.75. The number of methoxy groups -OCH3 is 2. The maximum atomic E-state index is 11.2. The van der Waals surface area contributed by atoms with Crippen molar-refractivity contribution in [2.75, 3.05) is 20.8 Å². The van der Waals surface area contributed by atoms with Gasteiger partial charge in [-0.15, -0.1) is 0 Å². The highest BCUT2D eigenvalue weighted by Crippen LogP contribution is 2.10. The zero-order chi connectivity index (χ0) is 11.0. The lowest BCUT2D eigenvalue weighted by atomic mass is 10.1. The van der Waals surface area contributed by atoms with E-state index in [0.717, 1.165) is 0 Å². The highest BCUT2D eigenvalue weighted by Gasteiger charge is 2.23. The molecule has 1 atom stereocenters. The first kappa shape index (κ1) is 12.9. The van der Waals surface area contributed by atoms with Crippen molar-refractivity contribution in [3.8, 4) is 6.07 Å². The van der Waals surface area contributed by atoms with Gasteiger partial charge in [0.2, 0.25) is 0 Å². The molecule has 14 heavy (non-hydrogen) atoms. The number of ether oxygens (including phenoxy) is 3. The largest absolute Gasteiger partial charge is 0.465 e. The minimum absolute atomic E-state index is 0.183. The van der Waals surface area contributed by atoms with Crippen molar-refractivity contribution in [3.05, 3.63) is 0 Å². The van der Waals surface area contributed by atoms with Crippen LogP contribution in [0.1, 0.15) is 13.3 Å². The normalized spacial score (nSPS) is 12.2. The van der Waals surface area contributed by atoms with Crippen LogP contribution >= 0.6 is 0 Å². The Morgan fingerprint density at radius 3 is 2.36 bits per heavy atom. The van der Waals surface area contributed by atoms with E-state index in [0.29, 0.717) is 0 Å². The van der Waals surface area contributed by atoms with Crippen molar-refractivity contribution in [2.24, 2.45) is 5.92 Å². The smallest absolute Gasteiger partial charge is 0.323 e. The van der Waals surface area contributed by atoms with Gasteiger partial charge in [-0.2, -0.15) is 5.26 Å². The molecule has 0 fully saturated rings. The third-order valence-corrected chi connectivity index (χ3v) is 1.68. The molecule has 5 nitrogen and oxygen atoms in total. The second-order valence-electron chi connectivity index (χ2n) is 2.57. The van der Waals surface area contributed by atoms with Crippen LogP contribution in [0.3, 0.4) is 0 Å². The summed E-state index contributed by atoms with van der Waals surface area (Å²) in [5, 5.41) is 8.70. The fraction of sp³-hybridized carbons (Fsp3) is 0.778. The molecule has 0 amide bonds. The van der Waals surface area contributed by atoms with Crippen molar-refractivity contribution in [1.29, 1.82) is 5.26 Å². The summed E-state index contributed by atoms with van der Waals surface area (Å²) in [5.41, 5.74) is 0. The molecule has 0 aliphatic heterocycles. The molecule has 0 aromatic carbocycles. The molecular formula is C9H15NO4. The van der Waals surface area contributed by atoms with Gasteiger partial charge >= 0.3 is 5.97 Å². The van der Waals surface area contributed by atoms with Gasteiger partial charge < -0.3 is 14.2 Å². The summed E-state index contributed by atoms with van der Waals surface area (Å²) in [5.74, 6) is -1.37. The Labute approximate surface area is 83.6 Å². The molecule has 0 saturated heterocycles. The molecular weight excluding hydrogens is 186 g/mol. The van der Waals surface area contributed by atoms with Gasteiger partial charge in [0, 0.05) is 20.6 Å². The molecule has 0 unspecified atom stereocenters. The molecule has 0 aliphatic carbocycles. The molecule has 0 heterocycles. The van der Waals surface area contributed by atoms with Gasteiger partial charge in [-0.3, -0.25) is 4.79 Å². The number of carbonyl (C=O) groups is 1. The van der Waals surface area contributed by atoms with Crippen molar-refractivity contribution in [2.45, 2.75) is 19.6 Å². The molecule has 0 aliphatic rings. The van der Waals surface area contributed by atoms with Gasteiger partial charge in [-0.25, -0.2) is 0 Å². The fourth-order valence-electron chi connectivity index (χ4n) is 0.926. The van der Waals surface area contributed by atoms with Crippen LogP contribution in [-0.4, -0.2) is 33.1 Å². The summed E-state index contributed by atoms with van der Waals surface area (Å²) >= 11 is 0. The van der Waals surface area contributed by atoms with Crippen LogP contribution in [0.25, 0.3) is 0 Å². The average molecular weight is 201 g/mol. The van der Waals surface area contributed by atoms with E-state index in [1.54, 1.807) is 6.92 Å². The van der Waals surface area contributed by atoms with E-state index in [-0.39, 0.29) is 13.0 Å². The Bertz CT molecular complexity index is 207. The van der Waals surface area contributed by atoms with Gasteiger partial charge in [-0.1, -0.05) is 0 Å². The van der Waals surface area contributed by atoms with Gasteiger partial charge in [0.1, 0.15) is 5.92 Å². The molecule has 0 N–H and O–H groups in total. The minimum atomic E-state index is -0.833. The first-order chi connectivity index (χ1) is 6.69. The Morgan fingerprint density at radius 2 is 2.00 bits per heavy atom. The molecule has 0 radical (unpaired) electrons. The first-order valence-corrected chi connectivity index (χ1v) is 4.31. The molecule has 0 bridgehead atoms. The van der Waals surface area contributed by atoms with Crippen LogP contribution in [-0.2, 0) is 19.0 Å². The lowest BCUT2D eigenvalue weighted by Gasteiger charge is -2.15. The van der Waals surface area contributed by atoms with E-state index >= 15 is 0 Å². The van der Waals surface area contributed by atoms with Gasteiger partial charge in [0.05, 0.1) is 12.7 Å². The van der Waals surface area contributed by atoms with E-state index in [1.807, 2.05) is 6.07 Å². The van der Waals surface area contributed by atoms with Crippen LogP contribution in [0.5, 0.6) is 0 Å². The number of hydrogen-bond donors (Lipinski definition) is 0. The molecule has 0 aromatic heterocycles. The predicted molar refractivity (Wildman–Crippen MR) is 48.2 cm³/mol. The Morgan fingerprint density at radius 1 is 1.43 bits per heavy atom. The monoisotopic (exact) mass is 201 g/mol. The van der Waals surface area contributed by atoms with E-state index in [4.69, 9.17) is 19.5 Å². The molecule has 0 spiro atoms. The van der Waals surface area contributed by atoms with Crippen molar-refractivity contribution in [3.63, 3.8) is 0 Å². The van der Waals surface area contributed by atoms with Crippen LogP contribution in [0.4, 0.5) is 0 Å². The van der Waals surface area contributed by atoms with Crippen LogP contribution in [0.15, 0.2) is 0 Å². The maximum absolute atomic E-state index is 11.2. The average Bonchev–Trinajstić information content (AvgIpc) is 2.20. The summed E-state index contributed by atoms with van der Waals surface area (Å²) in [6.45, 7) is 1.96. The van der Waals surface area contributed by atoms with E-state index in [1.165, 1.54) is 14.2 Å². The molecule has 80 valence electrons. The Kier molecular flexibility index (Phi) is 6.72. The molecule has 0 aromatic rings. The quantitative estimate of drug-likeness (QED) is 0.467. The Hall–Kier alpha value is -1.12. The highest BCUT2D eigenvalue weighted by atomic mass is 16.7. The summed E-state index contributed by atoms with van der Waals surface area (Å²) in [7, 11) is 2.90. The van der Waals surface area contributed by atoms with Crippen LogP contribution in [0, 0.1) is 17.2 Å². The second kappa shape index (κ2) is 7.30. The number of nitrogens with zero attached hydrogens (tertiary/aromatic N) is 1. The summed E-state index contributed by atoms with van der Waals surface area (Å²) in [4.78, 5) is 11.2. The zero-order valence-corrected chi connectivity index (χ0v) is 8.65. The first-order valence-electron chi connectivity index (χ1n) is 4.31. The van der Waals surface area contributed by atoms with Gasteiger partial charge in [0.15, 0.2) is 6.29 Å². The molecule has 0 rings (SSSR count). The summed E-state index contributed by atoms with van der Waals surface area (Å²) in [6.07, 6.45) is -0.369. The number of carbonyl (C=O) groups excluding carboxylic acids is 1. The number of nitriles is 1. The second-order valence-corrected chi connectivity index (χ2v) is 2.57. The van der Waals surface area contributed by atoms with Crippen LogP contribution in [0.2, 0.25) is 0 Å². The van der Waals surface area contributed by atoms with Crippen molar-refractivity contribution in [1.82, 2.24) is 0 Å². The van der Waals surface area contributed by atoms with Crippen molar-refractivity contribution < 1.29 is 19.0 Å². The maximum Gasteiger partial charge on any atom is 0.323 e. The standard InChI is InChI=1S/C9H15NO4/c1-4-14-9(11)7(6-10)5-8(12-2)13-3/h7-8H,4-5H2,1-3H3/t7-/m1/s1. The lowest BCUT2D eigenvalue weighted by molar-refractivity contribution is -0.153. The van der Waals surface area contributed by atoms with Gasteiger partial charge in [0.25, 0.3) is 0 Å². The zero-order valence-electron chi connectivity index (χ0n) is 8.65. The topological polar surface area (TPSA) is 68.6 Å². The predicted octanol–water partition coefficient (Wildman–Crippen LogP) is 0.698. The summed E-state index contributed by atoms with van der Waals surface area (Å²) < 4.78 is 14.5. The van der Waals surface area contributed by atoms with Crippen molar-refractivity contribution >= 4 is 5.97 Å². The van der Waals surface area contributed by atoms with Gasteiger partial charge in [-0.05, 0) is 6.92 Å². The van der Waals surface area contributed by atoms with E-state index in [9.17, 15) is 4.79 Å². The molecule has 5 heteroatoms. The Balaban J connectivity index is 4.15. The SMILES string of the molecule is CCOC(=O)[C@@H](C#N)CC(OC)OC. The lowest BCUT2D eigenvalue weighted by Crippen LogP contribution is -2.24. The third-order valence-electron chi connectivity index (χ3n) is 1.68.